The Hall–Kier alpha value is -3.86. The van der Waals surface area contributed by atoms with E-state index in [-0.39, 0.29) is 5.91 Å². The number of nitrogen functional groups attached to an aromatic ring is 1. The molecule has 0 fully saturated rings. The van der Waals surface area contributed by atoms with Crippen LogP contribution < -0.4 is 11.1 Å². The number of amides is 1. The van der Waals surface area contributed by atoms with Gasteiger partial charge >= 0.3 is 0 Å². The lowest BCUT2D eigenvalue weighted by Gasteiger charge is -2.18. The van der Waals surface area contributed by atoms with Gasteiger partial charge in [0.2, 0.25) is 0 Å². The monoisotopic (exact) mass is 435 g/mol. The number of aryl methyl sites for hydroxylation is 2. The predicted octanol–water partition coefficient (Wildman–Crippen LogP) is 5.62. The summed E-state index contributed by atoms with van der Waals surface area (Å²) in [6.07, 6.45) is 5.30. The highest BCUT2D eigenvalue weighted by molar-refractivity contribution is 5.97. The Balaban J connectivity index is 1.24. The number of nitrogens with zero attached hydrogens (tertiary/aromatic N) is 1. The number of nitrogens with two attached hydrogens (primary N) is 1. The lowest BCUT2D eigenvalue weighted by Crippen LogP contribution is -2.24. The van der Waals surface area contributed by atoms with E-state index in [1.165, 1.54) is 22.3 Å². The average molecular weight is 436 g/mol. The summed E-state index contributed by atoms with van der Waals surface area (Å²) in [5.41, 5.74) is 15.5. The van der Waals surface area contributed by atoms with Gasteiger partial charge in [0.1, 0.15) is 11.4 Å². The standard InChI is InChI=1S/C28H25N3O2/c1-15-9-27(29)31-16(2)24(15)13-30-28(32)17-7-8-19-21(10-17)18-11-22(19)23(12-18)25-14-33-26-6-4-3-5-20(25)26/h3-10,12,14,18,22H,11,13H2,1-2H3,(H2,29,31)(H,30,32). The highest BCUT2D eigenvalue weighted by atomic mass is 16.3. The molecule has 0 saturated carbocycles. The molecular formula is C28H25N3O2. The van der Waals surface area contributed by atoms with Gasteiger partial charge in [-0.25, -0.2) is 4.98 Å². The van der Waals surface area contributed by atoms with Crippen molar-refractivity contribution in [2.24, 2.45) is 0 Å². The zero-order valence-electron chi connectivity index (χ0n) is 18.7. The second kappa shape index (κ2) is 7.34. The Morgan fingerprint density at radius 2 is 2.00 bits per heavy atom. The van der Waals surface area contributed by atoms with Crippen molar-refractivity contribution in [3.8, 4) is 0 Å². The molecule has 6 rings (SSSR count). The van der Waals surface area contributed by atoms with Gasteiger partial charge in [0.15, 0.2) is 0 Å². The number of fused-ring (bicyclic) bond motifs is 6. The third kappa shape index (κ3) is 3.15. The van der Waals surface area contributed by atoms with E-state index < -0.39 is 0 Å². The van der Waals surface area contributed by atoms with Gasteiger partial charge in [0.05, 0.1) is 6.26 Å². The summed E-state index contributed by atoms with van der Waals surface area (Å²) >= 11 is 0. The summed E-state index contributed by atoms with van der Waals surface area (Å²) in [4.78, 5) is 17.2. The number of hydrogen-bond donors (Lipinski definition) is 2. The molecule has 2 unspecified atom stereocenters. The van der Waals surface area contributed by atoms with Gasteiger partial charge in [0.25, 0.3) is 5.91 Å². The van der Waals surface area contributed by atoms with Gasteiger partial charge in [-0.15, -0.1) is 0 Å². The summed E-state index contributed by atoms with van der Waals surface area (Å²) in [6, 6.07) is 16.2. The van der Waals surface area contributed by atoms with Crippen molar-refractivity contribution in [2.45, 2.75) is 38.6 Å². The molecule has 33 heavy (non-hydrogen) atoms. The molecule has 2 aromatic heterocycles. The molecule has 4 aromatic rings. The fraction of sp³-hybridized carbons (Fsp3) is 0.214. The first-order chi connectivity index (χ1) is 16.0. The molecule has 2 aliphatic rings. The largest absolute Gasteiger partial charge is 0.464 e. The van der Waals surface area contributed by atoms with Crippen LogP contribution in [0.15, 0.2) is 65.3 Å². The number of nitrogens with one attached hydrogen (secondary N) is 1. The van der Waals surface area contributed by atoms with Crippen LogP contribution >= 0.6 is 0 Å². The van der Waals surface area contributed by atoms with Crippen molar-refractivity contribution in [1.82, 2.24) is 10.3 Å². The SMILES string of the molecule is Cc1cc(N)nc(C)c1CNC(=O)c1ccc2c(c1)C1C=C(c3coc4ccccc34)C2C1. The van der Waals surface area contributed by atoms with E-state index >= 15 is 0 Å². The average Bonchev–Trinajstić information content (AvgIpc) is 3.51. The summed E-state index contributed by atoms with van der Waals surface area (Å²) in [7, 11) is 0. The Morgan fingerprint density at radius 1 is 1.15 bits per heavy atom. The van der Waals surface area contributed by atoms with E-state index in [1.54, 1.807) is 0 Å². The van der Waals surface area contributed by atoms with Crippen LogP contribution in [0.3, 0.4) is 0 Å². The minimum Gasteiger partial charge on any atom is -0.464 e. The number of anilines is 1. The number of carbonyl (C=O) groups is 1. The van der Waals surface area contributed by atoms with Crippen molar-refractivity contribution in [3.05, 3.63) is 99.9 Å². The molecule has 3 N–H and O–H groups in total. The van der Waals surface area contributed by atoms with Gasteiger partial charge in [-0.2, -0.15) is 0 Å². The quantitative estimate of drug-likeness (QED) is 0.436. The topological polar surface area (TPSA) is 81.1 Å². The lowest BCUT2D eigenvalue weighted by atomic mass is 9.86. The zero-order chi connectivity index (χ0) is 22.7. The number of furan rings is 1. The summed E-state index contributed by atoms with van der Waals surface area (Å²) in [6.45, 7) is 4.35. The third-order valence-electron chi connectivity index (χ3n) is 7.16. The number of pyridine rings is 1. The van der Waals surface area contributed by atoms with E-state index in [0.717, 1.165) is 34.2 Å². The zero-order valence-corrected chi connectivity index (χ0v) is 18.7. The molecule has 1 amide bonds. The fourth-order valence-corrected chi connectivity index (χ4v) is 5.55. The number of allylic oxidation sites excluding steroid dienone is 2. The van der Waals surface area contributed by atoms with E-state index in [4.69, 9.17) is 10.2 Å². The second-order valence-corrected chi connectivity index (χ2v) is 9.12. The smallest absolute Gasteiger partial charge is 0.251 e. The molecule has 0 saturated heterocycles. The van der Waals surface area contributed by atoms with Crippen molar-refractivity contribution in [3.63, 3.8) is 0 Å². The van der Waals surface area contributed by atoms with Crippen LogP contribution in [0.5, 0.6) is 0 Å². The molecular weight excluding hydrogens is 410 g/mol. The molecule has 0 aliphatic heterocycles. The van der Waals surface area contributed by atoms with Crippen LogP contribution in [0.4, 0.5) is 5.82 Å². The fourth-order valence-electron chi connectivity index (χ4n) is 5.55. The number of para-hydroxylation sites is 1. The minimum atomic E-state index is -0.0683. The molecule has 5 heteroatoms. The van der Waals surface area contributed by atoms with Crippen molar-refractivity contribution >= 4 is 28.3 Å². The van der Waals surface area contributed by atoms with Crippen LogP contribution in [0.1, 0.15) is 62.1 Å². The highest BCUT2D eigenvalue weighted by Gasteiger charge is 2.39. The first-order valence-corrected chi connectivity index (χ1v) is 11.3. The summed E-state index contributed by atoms with van der Waals surface area (Å²) < 4.78 is 5.79. The molecule has 2 bridgehead atoms. The Bertz CT molecular complexity index is 1440. The normalized spacial score (nSPS) is 18.4. The summed E-state index contributed by atoms with van der Waals surface area (Å²) in [5.74, 6) is 1.13. The van der Waals surface area contributed by atoms with Gasteiger partial charge in [-0.1, -0.05) is 30.3 Å². The first kappa shape index (κ1) is 19.8. The van der Waals surface area contributed by atoms with E-state index in [2.05, 4.69) is 40.6 Å². The maximum absolute atomic E-state index is 12.9. The Kier molecular flexibility index (Phi) is 4.40. The minimum absolute atomic E-state index is 0.0683. The van der Waals surface area contributed by atoms with E-state index in [0.29, 0.717) is 29.8 Å². The van der Waals surface area contributed by atoms with Gasteiger partial charge in [0, 0.05) is 40.6 Å². The molecule has 2 heterocycles. The second-order valence-electron chi connectivity index (χ2n) is 9.12. The molecule has 2 atom stereocenters. The molecule has 2 aromatic carbocycles. The predicted molar refractivity (Wildman–Crippen MR) is 130 cm³/mol. The molecule has 164 valence electrons. The third-order valence-corrected chi connectivity index (χ3v) is 7.16. The number of rotatable bonds is 4. The lowest BCUT2D eigenvalue weighted by molar-refractivity contribution is 0.0950. The highest BCUT2D eigenvalue weighted by Crippen LogP contribution is 2.56. The van der Waals surface area contributed by atoms with Crippen LogP contribution in [-0.4, -0.2) is 10.9 Å². The Labute approximate surface area is 192 Å². The van der Waals surface area contributed by atoms with Gasteiger partial charge < -0.3 is 15.5 Å². The molecule has 0 spiro atoms. The maximum Gasteiger partial charge on any atom is 0.251 e. The molecule has 2 aliphatic carbocycles. The number of benzene rings is 2. The van der Waals surface area contributed by atoms with Crippen LogP contribution in [0.25, 0.3) is 16.5 Å². The van der Waals surface area contributed by atoms with E-state index in [1.807, 2.05) is 44.4 Å². The van der Waals surface area contributed by atoms with Gasteiger partial charge in [-0.05, 0) is 72.4 Å². The number of hydrogen-bond acceptors (Lipinski definition) is 4. The van der Waals surface area contributed by atoms with Gasteiger partial charge in [-0.3, -0.25) is 4.79 Å². The molecule has 5 nitrogen and oxygen atoms in total. The van der Waals surface area contributed by atoms with Crippen molar-refractivity contribution in [2.75, 3.05) is 5.73 Å². The Morgan fingerprint density at radius 3 is 2.85 bits per heavy atom. The van der Waals surface area contributed by atoms with Crippen LogP contribution in [0.2, 0.25) is 0 Å². The molecule has 0 radical (unpaired) electrons. The van der Waals surface area contributed by atoms with Crippen molar-refractivity contribution in [1.29, 1.82) is 0 Å². The van der Waals surface area contributed by atoms with Crippen LogP contribution in [-0.2, 0) is 6.54 Å². The first-order valence-electron chi connectivity index (χ1n) is 11.3. The van der Waals surface area contributed by atoms with Crippen LogP contribution in [0, 0.1) is 13.8 Å². The van der Waals surface area contributed by atoms with E-state index in [9.17, 15) is 4.79 Å². The van der Waals surface area contributed by atoms with Crippen molar-refractivity contribution < 1.29 is 9.21 Å². The number of aromatic nitrogens is 1. The number of carbonyl (C=O) groups excluding carboxylic acids is 1. The summed E-state index contributed by atoms with van der Waals surface area (Å²) in [5, 5.41) is 4.22. The maximum atomic E-state index is 12.9.